The van der Waals surface area contributed by atoms with Gasteiger partial charge in [-0.15, -0.1) is 0 Å². The minimum atomic E-state index is -1.16. The summed E-state index contributed by atoms with van der Waals surface area (Å²) in [5.74, 6) is -5.66. The standard InChI is InChI=1S/C9H10O6.2Na.2H/c1-14-8(12)4-3-5(9(13)15-2)7(11)6(4)10;;;;/h4-5H,3H2,1-2H3;;;;/q;2*+1;2*-1. The third kappa shape index (κ3) is 4.15. The van der Waals surface area contributed by atoms with Crippen LogP contribution in [0.5, 0.6) is 0 Å². The van der Waals surface area contributed by atoms with Crippen molar-refractivity contribution in [1.82, 2.24) is 0 Å². The smallest absolute Gasteiger partial charge is 1.00 e. The molecule has 1 aliphatic rings. The fraction of sp³-hybridized carbons (Fsp3) is 0.556. The van der Waals surface area contributed by atoms with E-state index in [0.29, 0.717) is 0 Å². The second kappa shape index (κ2) is 8.39. The van der Waals surface area contributed by atoms with Crippen LogP contribution in [0.4, 0.5) is 0 Å². The Morgan fingerprint density at radius 2 is 1.29 bits per heavy atom. The first-order chi connectivity index (χ1) is 7.02. The third-order valence-corrected chi connectivity index (χ3v) is 2.32. The molecule has 1 rings (SSSR count). The summed E-state index contributed by atoms with van der Waals surface area (Å²) in [7, 11) is 2.23. The van der Waals surface area contributed by atoms with Crippen LogP contribution in [0.25, 0.3) is 0 Å². The van der Waals surface area contributed by atoms with Crippen LogP contribution in [0.3, 0.4) is 0 Å². The summed E-state index contributed by atoms with van der Waals surface area (Å²) in [6, 6.07) is 0. The van der Waals surface area contributed by atoms with Crippen molar-refractivity contribution in [1.29, 1.82) is 0 Å². The number of hydrogen-bond donors (Lipinski definition) is 0. The number of esters is 2. The molecule has 0 aliphatic heterocycles. The van der Waals surface area contributed by atoms with Crippen molar-refractivity contribution >= 4 is 23.5 Å². The maximum atomic E-state index is 11.3. The molecule has 0 N–H and O–H groups in total. The van der Waals surface area contributed by atoms with E-state index in [4.69, 9.17) is 0 Å². The first kappa shape index (κ1) is 19.6. The van der Waals surface area contributed by atoms with Crippen molar-refractivity contribution in [2.45, 2.75) is 6.42 Å². The van der Waals surface area contributed by atoms with Gasteiger partial charge in [0.25, 0.3) is 0 Å². The predicted molar refractivity (Wildman–Crippen MR) is 47.9 cm³/mol. The first-order valence-corrected chi connectivity index (χ1v) is 4.26. The van der Waals surface area contributed by atoms with Gasteiger partial charge in [0, 0.05) is 0 Å². The number of ether oxygens (including phenoxy) is 2. The molecule has 2 unspecified atom stereocenters. The van der Waals surface area contributed by atoms with Gasteiger partial charge in [0.2, 0.25) is 11.6 Å². The van der Waals surface area contributed by atoms with Gasteiger partial charge in [-0.3, -0.25) is 19.2 Å². The zero-order valence-corrected chi connectivity index (χ0v) is 14.3. The van der Waals surface area contributed by atoms with E-state index in [1.165, 1.54) is 0 Å². The van der Waals surface area contributed by atoms with E-state index >= 15 is 0 Å². The summed E-state index contributed by atoms with van der Waals surface area (Å²) >= 11 is 0. The summed E-state index contributed by atoms with van der Waals surface area (Å²) in [5, 5.41) is 0. The van der Waals surface area contributed by atoms with E-state index in [2.05, 4.69) is 9.47 Å². The Labute approximate surface area is 145 Å². The van der Waals surface area contributed by atoms with E-state index < -0.39 is 35.3 Å². The largest absolute Gasteiger partial charge is 1.00 e. The van der Waals surface area contributed by atoms with E-state index in [-0.39, 0.29) is 68.4 Å². The van der Waals surface area contributed by atoms with Gasteiger partial charge in [-0.25, -0.2) is 0 Å². The molecule has 0 radical (unpaired) electrons. The zero-order chi connectivity index (χ0) is 11.6. The predicted octanol–water partition coefficient (Wildman–Crippen LogP) is -6.66. The minimum Gasteiger partial charge on any atom is -1.00 e. The van der Waals surface area contributed by atoms with Gasteiger partial charge in [-0.1, -0.05) is 0 Å². The van der Waals surface area contributed by atoms with Crippen LogP contribution in [-0.2, 0) is 28.7 Å². The molecule has 86 valence electrons. The molecule has 0 amide bonds. The maximum Gasteiger partial charge on any atom is 1.00 e. The second-order valence-corrected chi connectivity index (χ2v) is 3.12. The van der Waals surface area contributed by atoms with Crippen LogP contribution in [0.15, 0.2) is 0 Å². The Kier molecular flexibility index (Phi) is 9.69. The summed E-state index contributed by atoms with van der Waals surface area (Å²) in [6.45, 7) is 0. The molecule has 0 bridgehead atoms. The van der Waals surface area contributed by atoms with Crippen molar-refractivity contribution in [2.24, 2.45) is 11.8 Å². The zero-order valence-electron chi connectivity index (χ0n) is 12.3. The maximum absolute atomic E-state index is 11.3. The Morgan fingerprint density at radius 3 is 1.53 bits per heavy atom. The normalized spacial score (nSPS) is 22.2. The number of methoxy groups -OCH3 is 2. The molecule has 0 saturated heterocycles. The van der Waals surface area contributed by atoms with Gasteiger partial charge in [0.15, 0.2) is 0 Å². The van der Waals surface area contributed by atoms with Crippen LogP contribution >= 0.6 is 0 Å². The molecule has 0 spiro atoms. The monoisotopic (exact) mass is 262 g/mol. The average molecular weight is 262 g/mol. The van der Waals surface area contributed by atoms with Crippen molar-refractivity contribution in [3.8, 4) is 0 Å². The number of Topliss-reactive ketones (excluding diaryl/α,β-unsaturated/α-hetero) is 2. The van der Waals surface area contributed by atoms with Gasteiger partial charge >= 0.3 is 71.1 Å². The van der Waals surface area contributed by atoms with E-state index in [1.54, 1.807) is 0 Å². The molecule has 1 fully saturated rings. The molecule has 0 aromatic rings. The Morgan fingerprint density at radius 1 is 1.00 bits per heavy atom. The van der Waals surface area contributed by atoms with E-state index in [9.17, 15) is 19.2 Å². The van der Waals surface area contributed by atoms with Crippen LogP contribution in [0, 0.1) is 11.8 Å². The van der Waals surface area contributed by atoms with Gasteiger partial charge in [-0.2, -0.15) is 0 Å². The van der Waals surface area contributed by atoms with Gasteiger partial charge in [0.05, 0.1) is 14.2 Å². The number of carbonyl (C=O) groups excluding carboxylic acids is 4. The van der Waals surface area contributed by atoms with Crippen LogP contribution in [0.1, 0.15) is 9.27 Å². The van der Waals surface area contributed by atoms with Gasteiger partial charge < -0.3 is 12.3 Å². The van der Waals surface area contributed by atoms with Crippen LogP contribution in [-0.4, -0.2) is 37.7 Å². The Balaban J connectivity index is -0.000000281. The van der Waals surface area contributed by atoms with Crippen molar-refractivity contribution < 1.29 is 90.6 Å². The molecular formula is C9H12Na2O6. The summed E-state index contributed by atoms with van der Waals surface area (Å²) in [6.07, 6.45) is -0.156. The van der Waals surface area contributed by atoms with Crippen molar-refractivity contribution in [2.75, 3.05) is 14.2 Å². The average Bonchev–Trinajstić information content (AvgIpc) is 2.54. The molecule has 8 heteroatoms. The van der Waals surface area contributed by atoms with Crippen LogP contribution in [0.2, 0.25) is 0 Å². The van der Waals surface area contributed by atoms with Crippen LogP contribution < -0.4 is 59.1 Å². The number of hydrogen-bond acceptors (Lipinski definition) is 6. The first-order valence-electron chi connectivity index (χ1n) is 4.26. The Bertz CT molecular complexity index is 318. The Hall–Kier alpha value is 0.280. The number of carbonyl (C=O) groups is 4. The summed E-state index contributed by atoms with van der Waals surface area (Å²) in [5.41, 5.74) is 0. The molecule has 0 heterocycles. The van der Waals surface area contributed by atoms with Gasteiger partial charge in [0.1, 0.15) is 11.8 Å². The molecule has 1 aliphatic carbocycles. The molecular weight excluding hydrogens is 250 g/mol. The van der Waals surface area contributed by atoms with Crippen molar-refractivity contribution in [3.63, 3.8) is 0 Å². The second-order valence-electron chi connectivity index (χ2n) is 3.12. The number of rotatable bonds is 2. The summed E-state index contributed by atoms with van der Waals surface area (Å²) in [4.78, 5) is 44.7. The topological polar surface area (TPSA) is 86.7 Å². The molecule has 2 atom stereocenters. The molecule has 0 aromatic heterocycles. The fourth-order valence-corrected chi connectivity index (χ4v) is 1.48. The molecule has 6 nitrogen and oxygen atoms in total. The molecule has 1 saturated carbocycles. The quantitative estimate of drug-likeness (QED) is 0.213. The van der Waals surface area contributed by atoms with E-state index in [1.807, 2.05) is 0 Å². The SMILES string of the molecule is COC(=O)C1CC(C(=O)OC)C(=O)C1=O.[H-].[H-].[Na+].[Na+]. The van der Waals surface area contributed by atoms with Gasteiger partial charge in [-0.05, 0) is 6.42 Å². The third-order valence-electron chi connectivity index (χ3n) is 2.32. The summed E-state index contributed by atoms with van der Waals surface area (Å²) < 4.78 is 8.70. The number of ketones is 2. The fourth-order valence-electron chi connectivity index (χ4n) is 1.48. The van der Waals surface area contributed by atoms with E-state index in [0.717, 1.165) is 14.2 Å². The van der Waals surface area contributed by atoms with Crippen molar-refractivity contribution in [3.05, 3.63) is 0 Å². The molecule has 0 aromatic carbocycles. The minimum absolute atomic E-state index is 0. The molecule has 17 heavy (non-hydrogen) atoms.